The summed E-state index contributed by atoms with van der Waals surface area (Å²) in [5, 5.41) is 7.06. The number of methoxy groups -OCH3 is 2. The zero-order chi connectivity index (χ0) is 28.9. The van der Waals surface area contributed by atoms with E-state index in [1.807, 2.05) is 67.6 Å². The number of thiazole rings is 1. The molecule has 210 valence electrons. The van der Waals surface area contributed by atoms with E-state index in [-0.39, 0.29) is 17.9 Å². The number of rotatable bonds is 9. The maximum Gasteiger partial charge on any atom is 0.358 e. The van der Waals surface area contributed by atoms with E-state index in [1.165, 1.54) is 25.6 Å². The molecule has 9 nitrogen and oxygen atoms in total. The van der Waals surface area contributed by atoms with Crippen LogP contribution in [0.4, 0.5) is 5.13 Å². The number of anilines is 1. The quantitative estimate of drug-likeness (QED) is 0.288. The normalized spacial score (nSPS) is 20.3. The van der Waals surface area contributed by atoms with Crippen LogP contribution in [0.5, 0.6) is 0 Å². The molecule has 0 bridgehead atoms. The molecule has 2 heterocycles. The van der Waals surface area contributed by atoms with Gasteiger partial charge in [0.1, 0.15) is 5.92 Å². The summed E-state index contributed by atoms with van der Waals surface area (Å²) < 4.78 is 15.7. The lowest BCUT2D eigenvalue weighted by atomic mass is 9.70. The standard InChI is InChI=1S/C30H33N3O6S/c1-6-39-28(36)24-21(17-19-13-9-7-10-14-19)40-29(31-24)32-25-22(26(34)37-4)18(2)33-30(3,23(25)27(35)38-5)20-15-11-8-12-16-20/h7-16,23,25,33H,6,17H2,1-5H3,(H,31,32). The van der Waals surface area contributed by atoms with Crippen LogP contribution in [-0.4, -0.2) is 49.8 Å². The van der Waals surface area contributed by atoms with E-state index in [2.05, 4.69) is 15.6 Å². The zero-order valence-corrected chi connectivity index (χ0v) is 24.0. The number of esters is 3. The van der Waals surface area contributed by atoms with E-state index in [1.54, 1.807) is 13.8 Å². The molecule has 1 aliphatic heterocycles. The fourth-order valence-electron chi connectivity index (χ4n) is 5.15. The summed E-state index contributed by atoms with van der Waals surface area (Å²) in [5.41, 5.74) is 1.85. The number of ether oxygens (including phenoxy) is 3. The Labute approximate surface area is 237 Å². The van der Waals surface area contributed by atoms with Gasteiger partial charge >= 0.3 is 17.9 Å². The Morgan fingerprint density at radius 1 is 1.00 bits per heavy atom. The molecule has 4 rings (SSSR count). The van der Waals surface area contributed by atoms with Crippen LogP contribution in [0, 0.1) is 5.92 Å². The molecule has 3 unspecified atom stereocenters. The Bertz CT molecular complexity index is 1410. The van der Waals surface area contributed by atoms with Gasteiger partial charge in [-0.25, -0.2) is 14.6 Å². The number of allylic oxidation sites excluding steroid dienone is 1. The monoisotopic (exact) mass is 563 g/mol. The third kappa shape index (κ3) is 5.72. The molecular weight excluding hydrogens is 530 g/mol. The van der Waals surface area contributed by atoms with E-state index in [0.29, 0.717) is 22.1 Å². The average molecular weight is 564 g/mol. The van der Waals surface area contributed by atoms with Crippen LogP contribution in [0.25, 0.3) is 0 Å². The summed E-state index contributed by atoms with van der Waals surface area (Å²) in [7, 11) is 2.60. The number of nitrogens with one attached hydrogen (secondary N) is 2. The highest BCUT2D eigenvalue weighted by Gasteiger charge is 2.53. The highest BCUT2D eigenvalue weighted by atomic mass is 32.1. The first kappa shape index (κ1) is 28.8. The van der Waals surface area contributed by atoms with Gasteiger partial charge in [-0.2, -0.15) is 0 Å². The van der Waals surface area contributed by atoms with Gasteiger partial charge in [0.25, 0.3) is 0 Å². The molecule has 10 heteroatoms. The molecule has 0 radical (unpaired) electrons. The summed E-state index contributed by atoms with van der Waals surface area (Å²) in [6, 6.07) is 18.3. The lowest BCUT2D eigenvalue weighted by molar-refractivity contribution is -0.149. The van der Waals surface area contributed by atoms with Crippen LogP contribution in [-0.2, 0) is 35.8 Å². The summed E-state index contributed by atoms with van der Waals surface area (Å²) in [6.07, 6.45) is 0.460. The smallest absolute Gasteiger partial charge is 0.358 e. The van der Waals surface area contributed by atoms with Gasteiger partial charge in [0.05, 0.1) is 38.0 Å². The topological polar surface area (TPSA) is 116 Å². The average Bonchev–Trinajstić information content (AvgIpc) is 3.35. The molecule has 0 spiro atoms. The summed E-state index contributed by atoms with van der Waals surface area (Å²) >= 11 is 1.27. The van der Waals surface area contributed by atoms with E-state index in [4.69, 9.17) is 14.2 Å². The molecule has 40 heavy (non-hydrogen) atoms. The van der Waals surface area contributed by atoms with Crippen molar-refractivity contribution in [1.29, 1.82) is 0 Å². The van der Waals surface area contributed by atoms with Crippen molar-refractivity contribution in [2.24, 2.45) is 5.92 Å². The molecule has 1 aliphatic rings. The molecule has 3 atom stereocenters. The van der Waals surface area contributed by atoms with Crippen molar-refractivity contribution in [2.75, 3.05) is 26.1 Å². The van der Waals surface area contributed by atoms with Crippen LogP contribution >= 0.6 is 11.3 Å². The second-order valence-corrected chi connectivity index (χ2v) is 10.6. The minimum absolute atomic E-state index is 0.188. The predicted molar refractivity (Wildman–Crippen MR) is 152 cm³/mol. The van der Waals surface area contributed by atoms with Gasteiger partial charge in [-0.05, 0) is 31.9 Å². The van der Waals surface area contributed by atoms with Crippen LogP contribution < -0.4 is 10.6 Å². The lowest BCUT2D eigenvalue weighted by Crippen LogP contribution is -2.60. The van der Waals surface area contributed by atoms with Crippen LogP contribution in [0.3, 0.4) is 0 Å². The van der Waals surface area contributed by atoms with Gasteiger partial charge in [0.15, 0.2) is 10.8 Å². The maximum absolute atomic E-state index is 13.5. The van der Waals surface area contributed by atoms with E-state index >= 15 is 0 Å². The van der Waals surface area contributed by atoms with Gasteiger partial charge < -0.3 is 24.8 Å². The van der Waals surface area contributed by atoms with Crippen LogP contribution in [0.1, 0.15) is 47.3 Å². The Balaban J connectivity index is 1.84. The Kier molecular flexibility index (Phi) is 8.89. The van der Waals surface area contributed by atoms with E-state index in [9.17, 15) is 14.4 Å². The second-order valence-electron chi connectivity index (χ2n) is 9.52. The molecule has 3 aromatic rings. The summed E-state index contributed by atoms with van der Waals surface area (Å²) in [4.78, 5) is 44.7. The van der Waals surface area contributed by atoms with Crippen LogP contribution in [0.2, 0.25) is 0 Å². The van der Waals surface area contributed by atoms with Gasteiger partial charge in [0, 0.05) is 17.0 Å². The predicted octanol–water partition coefficient (Wildman–Crippen LogP) is 4.45. The summed E-state index contributed by atoms with van der Waals surface area (Å²) in [6.45, 7) is 5.59. The maximum atomic E-state index is 13.5. The number of carbonyl (C=O) groups is 3. The molecule has 0 amide bonds. The first-order valence-corrected chi connectivity index (χ1v) is 13.7. The van der Waals surface area contributed by atoms with Crippen molar-refractivity contribution >= 4 is 34.4 Å². The molecule has 0 aliphatic carbocycles. The fourth-order valence-corrected chi connectivity index (χ4v) is 6.18. The number of benzene rings is 2. The van der Waals surface area contributed by atoms with Gasteiger partial charge in [0.2, 0.25) is 0 Å². The minimum atomic E-state index is -0.957. The van der Waals surface area contributed by atoms with Gasteiger partial charge in [-0.15, -0.1) is 11.3 Å². The molecule has 1 aromatic heterocycles. The number of hydrogen-bond donors (Lipinski definition) is 2. The highest BCUT2D eigenvalue weighted by molar-refractivity contribution is 7.15. The summed E-state index contributed by atoms with van der Waals surface area (Å²) in [5.74, 6) is -2.58. The van der Waals surface area contributed by atoms with E-state index in [0.717, 1.165) is 11.1 Å². The SMILES string of the molecule is CCOC(=O)c1nc(NC2C(C(=O)OC)=C(C)NC(C)(c3ccccc3)C2C(=O)OC)sc1Cc1ccccc1. The number of hydrogen-bond acceptors (Lipinski definition) is 10. The van der Waals surface area contributed by atoms with E-state index < -0.39 is 35.4 Å². The fraction of sp³-hybridized carbons (Fsp3) is 0.333. The molecule has 2 aromatic carbocycles. The van der Waals surface area contributed by atoms with Crippen molar-refractivity contribution in [2.45, 2.75) is 38.8 Å². The largest absolute Gasteiger partial charge is 0.469 e. The van der Waals surface area contributed by atoms with Gasteiger partial charge in [-0.1, -0.05) is 60.7 Å². The third-order valence-corrected chi connectivity index (χ3v) is 7.99. The molecular formula is C30H33N3O6S. The number of nitrogens with zero attached hydrogens (tertiary/aromatic N) is 1. The van der Waals surface area contributed by atoms with Crippen molar-refractivity contribution in [3.05, 3.63) is 93.6 Å². The Morgan fingerprint density at radius 3 is 2.25 bits per heavy atom. The first-order valence-electron chi connectivity index (χ1n) is 12.9. The highest BCUT2D eigenvalue weighted by Crippen LogP contribution is 2.42. The molecule has 0 saturated heterocycles. The number of aromatic nitrogens is 1. The zero-order valence-electron chi connectivity index (χ0n) is 23.1. The second kappa shape index (κ2) is 12.3. The Hall–Kier alpha value is -4.18. The van der Waals surface area contributed by atoms with Crippen molar-refractivity contribution in [3.8, 4) is 0 Å². The van der Waals surface area contributed by atoms with Crippen molar-refractivity contribution < 1.29 is 28.6 Å². The molecule has 0 saturated carbocycles. The molecule has 0 fully saturated rings. The first-order chi connectivity index (χ1) is 19.2. The molecule has 2 N–H and O–H groups in total. The third-order valence-electron chi connectivity index (χ3n) is 7.00. The number of carbonyl (C=O) groups excluding carboxylic acids is 3. The minimum Gasteiger partial charge on any atom is -0.469 e. The van der Waals surface area contributed by atoms with Gasteiger partial charge in [-0.3, -0.25) is 4.79 Å². The lowest BCUT2D eigenvalue weighted by Gasteiger charge is -2.46. The Morgan fingerprint density at radius 2 is 1.65 bits per heavy atom. The van der Waals surface area contributed by atoms with Crippen molar-refractivity contribution in [3.63, 3.8) is 0 Å². The van der Waals surface area contributed by atoms with Crippen molar-refractivity contribution in [1.82, 2.24) is 10.3 Å². The van der Waals surface area contributed by atoms with Crippen LogP contribution in [0.15, 0.2) is 71.9 Å².